The fraction of sp³-hybridized carbons (Fsp3) is 0.900. The minimum atomic E-state index is -0.421. The molecule has 2 saturated carbocycles. The average Bonchev–Trinajstić information content (AvgIpc) is 2.76. The molecule has 3 fully saturated rings. The van der Waals surface area contributed by atoms with Gasteiger partial charge in [-0.3, -0.25) is 5.32 Å². The predicted octanol–water partition coefficient (Wildman–Crippen LogP) is 0.138. The molecular weight excluding hydrogens is 166 g/mol. The summed E-state index contributed by atoms with van der Waals surface area (Å²) >= 11 is 0. The minimum absolute atomic E-state index is 0.0738. The first kappa shape index (κ1) is 7.94. The van der Waals surface area contributed by atoms with Gasteiger partial charge in [-0.05, 0) is 37.0 Å². The van der Waals surface area contributed by atoms with Crippen molar-refractivity contribution in [3.8, 4) is 0 Å². The molecule has 3 aliphatic rings. The zero-order valence-electron chi connectivity index (χ0n) is 7.52. The van der Waals surface area contributed by atoms with E-state index in [4.69, 9.17) is 0 Å². The van der Waals surface area contributed by atoms with Crippen LogP contribution in [0.25, 0.3) is 0 Å². The molecule has 3 nitrogen and oxygen atoms in total. The fourth-order valence-electron chi connectivity index (χ4n) is 3.93. The molecule has 1 heterocycles. The minimum Gasteiger partial charge on any atom is -0.378 e. The third-order valence-corrected chi connectivity index (χ3v) is 4.34. The number of hydrogen-bond donors (Lipinski definition) is 2. The number of carbonyl (C=O) groups excluding carboxylic acids is 1. The highest BCUT2D eigenvalue weighted by molar-refractivity contribution is 5.59. The summed E-state index contributed by atoms with van der Waals surface area (Å²) in [6, 6.07) is -0.0738. The zero-order valence-corrected chi connectivity index (χ0v) is 7.52. The van der Waals surface area contributed by atoms with Crippen molar-refractivity contribution in [2.45, 2.75) is 31.5 Å². The van der Waals surface area contributed by atoms with Crippen LogP contribution in [-0.4, -0.2) is 23.7 Å². The molecule has 2 aliphatic carbocycles. The van der Waals surface area contributed by atoms with Gasteiger partial charge < -0.3 is 9.90 Å². The van der Waals surface area contributed by atoms with E-state index >= 15 is 0 Å². The summed E-state index contributed by atoms with van der Waals surface area (Å²) in [6.07, 6.45) is 4.34. The summed E-state index contributed by atoms with van der Waals surface area (Å²) in [6.45, 7) is 0. The summed E-state index contributed by atoms with van der Waals surface area (Å²) in [4.78, 5) is 10.8. The molecule has 1 aliphatic heterocycles. The van der Waals surface area contributed by atoms with Gasteiger partial charge in [-0.15, -0.1) is 0 Å². The third kappa shape index (κ3) is 0.891. The van der Waals surface area contributed by atoms with Gasteiger partial charge in [-0.2, -0.15) is 0 Å². The van der Waals surface area contributed by atoms with E-state index in [0.717, 1.165) is 6.29 Å². The molecule has 72 valence electrons. The van der Waals surface area contributed by atoms with Crippen LogP contribution in [0.1, 0.15) is 19.3 Å². The van der Waals surface area contributed by atoms with Crippen molar-refractivity contribution >= 4 is 6.29 Å². The maximum Gasteiger partial charge on any atom is 0.137 e. The van der Waals surface area contributed by atoms with Gasteiger partial charge in [0.1, 0.15) is 12.5 Å². The quantitative estimate of drug-likeness (QED) is 0.566. The number of aliphatic hydroxyl groups excluding tert-OH is 1. The van der Waals surface area contributed by atoms with E-state index in [2.05, 4.69) is 5.32 Å². The van der Waals surface area contributed by atoms with E-state index < -0.39 is 6.23 Å². The van der Waals surface area contributed by atoms with E-state index in [9.17, 15) is 9.90 Å². The highest BCUT2D eigenvalue weighted by Gasteiger charge is 2.57. The van der Waals surface area contributed by atoms with Gasteiger partial charge in [0.25, 0.3) is 0 Å². The summed E-state index contributed by atoms with van der Waals surface area (Å²) < 4.78 is 0. The first-order chi connectivity index (χ1) is 6.31. The molecule has 2 bridgehead atoms. The largest absolute Gasteiger partial charge is 0.378 e. The zero-order chi connectivity index (χ0) is 9.00. The maximum atomic E-state index is 10.8. The summed E-state index contributed by atoms with van der Waals surface area (Å²) in [5.74, 6) is 2.19. The molecule has 3 rings (SSSR count). The highest BCUT2D eigenvalue weighted by atomic mass is 16.3. The first-order valence-corrected chi connectivity index (χ1v) is 5.20. The molecule has 1 saturated heterocycles. The van der Waals surface area contributed by atoms with E-state index in [-0.39, 0.29) is 6.04 Å². The lowest BCUT2D eigenvalue weighted by atomic mass is 9.78. The van der Waals surface area contributed by atoms with Crippen LogP contribution < -0.4 is 5.32 Å². The van der Waals surface area contributed by atoms with Gasteiger partial charge >= 0.3 is 0 Å². The molecule has 2 N–H and O–H groups in total. The Balaban J connectivity index is 1.92. The van der Waals surface area contributed by atoms with Crippen molar-refractivity contribution in [3.05, 3.63) is 0 Å². The Morgan fingerprint density at radius 2 is 1.92 bits per heavy atom. The van der Waals surface area contributed by atoms with Crippen molar-refractivity contribution < 1.29 is 9.90 Å². The lowest BCUT2D eigenvalue weighted by molar-refractivity contribution is -0.110. The second-order valence-electron chi connectivity index (χ2n) is 4.76. The van der Waals surface area contributed by atoms with Crippen molar-refractivity contribution in [1.29, 1.82) is 0 Å². The number of rotatable bonds is 1. The Bertz CT molecular complexity index is 243. The molecule has 6 atom stereocenters. The van der Waals surface area contributed by atoms with Crippen LogP contribution in [0.3, 0.4) is 0 Å². The lowest BCUT2D eigenvalue weighted by Gasteiger charge is -2.26. The lowest BCUT2D eigenvalue weighted by Crippen LogP contribution is -2.34. The molecular formula is C10H15NO2. The number of aldehydes is 1. The number of fused-ring (bicyclic) bond motifs is 5. The molecule has 0 aromatic carbocycles. The van der Waals surface area contributed by atoms with Gasteiger partial charge in [0.15, 0.2) is 0 Å². The van der Waals surface area contributed by atoms with Crippen molar-refractivity contribution in [1.82, 2.24) is 5.32 Å². The number of hydrogen-bond acceptors (Lipinski definition) is 3. The number of carbonyl (C=O) groups is 1. The average molecular weight is 181 g/mol. The Kier molecular flexibility index (Phi) is 1.56. The molecule has 13 heavy (non-hydrogen) atoms. The van der Waals surface area contributed by atoms with Crippen LogP contribution >= 0.6 is 0 Å². The summed E-state index contributed by atoms with van der Waals surface area (Å²) in [5.41, 5.74) is 0. The van der Waals surface area contributed by atoms with E-state index in [1.54, 1.807) is 0 Å². The molecule has 0 aromatic rings. The SMILES string of the molecule is O=C[C@H]1NC(O)[C@@H]2C3CCC(C3)[C@@H]21. The van der Waals surface area contributed by atoms with Gasteiger partial charge in [-0.1, -0.05) is 0 Å². The number of aliphatic hydroxyl groups is 1. The molecule has 0 radical (unpaired) electrons. The van der Waals surface area contributed by atoms with Crippen LogP contribution in [-0.2, 0) is 4.79 Å². The number of nitrogens with one attached hydrogen (secondary N) is 1. The molecule has 3 heteroatoms. The fourth-order valence-corrected chi connectivity index (χ4v) is 3.93. The smallest absolute Gasteiger partial charge is 0.137 e. The Morgan fingerprint density at radius 1 is 1.23 bits per heavy atom. The highest BCUT2D eigenvalue weighted by Crippen LogP contribution is 2.56. The monoisotopic (exact) mass is 181 g/mol. The van der Waals surface area contributed by atoms with Gasteiger partial charge in [0.05, 0.1) is 6.04 Å². The Labute approximate surface area is 77.5 Å². The molecule has 0 aromatic heterocycles. The maximum absolute atomic E-state index is 10.8. The van der Waals surface area contributed by atoms with Crippen LogP contribution in [0.2, 0.25) is 0 Å². The first-order valence-electron chi connectivity index (χ1n) is 5.20. The van der Waals surface area contributed by atoms with Crippen LogP contribution in [0.5, 0.6) is 0 Å². The van der Waals surface area contributed by atoms with Gasteiger partial charge in [-0.25, -0.2) is 0 Å². The Hall–Kier alpha value is -0.410. The second-order valence-corrected chi connectivity index (χ2v) is 4.76. The van der Waals surface area contributed by atoms with Crippen molar-refractivity contribution in [3.63, 3.8) is 0 Å². The molecule has 0 spiro atoms. The summed E-state index contributed by atoms with van der Waals surface area (Å²) in [7, 11) is 0. The summed E-state index contributed by atoms with van der Waals surface area (Å²) in [5, 5.41) is 12.7. The second kappa shape index (κ2) is 2.55. The molecule has 0 amide bonds. The third-order valence-electron chi connectivity index (χ3n) is 4.34. The predicted molar refractivity (Wildman–Crippen MR) is 46.8 cm³/mol. The standard InChI is InChI=1S/C10H15NO2/c12-4-7-8-5-1-2-6(3-5)9(8)10(13)11-7/h4-11,13H,1-3H2/t5?,6?,7-,8-,9-,10?/m1/s1. The topological polar surface area (TPSA) is 49.3 Å². The van der Waals surface area contributed by atoms with E-state index in [0.29, 0.717) is 23.7 Å². The van der Waals surface area contributed by atoms with Crippen LogP contribution in [0, 0.1) is 23.7 Å². The van der Waals surface area contributed by atoms with Crippen LogP contribution in [0.15, 0.2) is 0 Å². The van der Waals surface area contributed by atoms with Gasteiger partial charge in [0, 0.05) is 5.92 Å². The van der Waals surface area contributed by atoms with E-state index in [1.165, 1.54) is 19.3 Å². The Morgan fingerprint density at radius 3 is 2.62 bits per heavy atom. The normalized spacial score (nSPS) is 58.2. The van der Waals surface area contributed by atoms with Crippen molar-refractivity contribution in [2.24, 2.45) is 23.7 Å². The van der Waals surface area contributed by atoms with Crippen LogP contribution in [0.4, 0.5) is 0 Å². The van der Waals surface area contributed by atoms with Gasteiger partial charge in [0.2, 0.25) is 0 Å². The molecule has 3 unspecified atom stereocenters. The van der Waals surface area contributed by atoms with E-state index in [1.807, 2.05) is 0 Å². The van der Waals surface area contributed by atoms with Crippen molar-refractivity contribution in [2.75, 3.05) is 0 Å².